The van der Waals surface area contributed by atoms with E-state index in [2.05, 4.69) is 38.5 Å². The van der Waals surface area contributed by atoms with E-state index in [1.54, 1.807) is 24.3 Å². The molecule has 14 nitrogen and oxygen atoms in total. The van der Waals surface area contributed by atoms with Gasteiger partial charge >= 0.3 is 6.03 Å². The minimum Gasteiger partial charge on any atom is -0.372 e. The molecule has 3 rings (SSSR count). The van der Waals surface area contributed by atoms with Crippen LogP contribution in [0.4, 0.5) is 13.6 Å². The second-order valence-electron chi connectivity index (χ2n) is 15.5. The summed E-state index contributed by atoms with van der Waals surface area (Å²) >= 11 is 0. The van der Waals surface area contributed by atoms with Gasteiger partial charge in [-0.05, 0) is 69.4 Å². The summed E-state index contributed by atoms with van der Waals surface area (Å²) in [6.07, 6.45) is 5.05. The lowest BCUT2D eigenvalue weighted by Crippen LogP contribution is -2.62. The molecule has 57 heavy (non-hydrogen) atoms. The summed E-state index contributed by atoms with van der Waals surface area (Å²) < 4.78 is 19.2. The number of hydrogen-bond donors (Lipinski definition) is 7. The zero-order chi connectivity index (χ0) is 43.3. The van der Waals surface area contributed by atoms with Gasteiger partial charge in [0.1, 0.15) is 18.1 Å². The van der Waals surface area contributed by atoms with Crippen molar-refractivity contribution in [3.63, 3.8) is 0 Å². The number of Topliss-reactive ketones (excluding diaryl/α,β-unsaturated/α-hetero) is 1. The van der Waals surface area contributed by atoms with E-state index in [9.17, 15) is 37.5 Å². The predicted molar refractivity (Wildman–Crippen MR) is 218 cm³/mol. The highest BCUT2D eigenvalue weighted by atomic mass is 19.3. The first-order valence-corrected chi connectivity index (χ1v) is 20.0. The number of halogens is 2. The Morgan fingerprint density at radius 1 is 0.947 bits per heavy atom. The highest BCUT2D eigenvalue weighted by Crippen LogP contribution is 2.34. The van der Waals surface area contributed by atoms with Crippen molar-refractivity contribution in [2.75, 3.05) is 33.6 Å². The number of alkyl halides is 2. The number of nitrogens with two attached hydrogens (primary N) is 1. The third-order valence-electron chi connectivity index (χ3n) is 9.83. The molecule has 16 heteroatoms. The van der Waals surface area contributed by atoms with Gasteiger partial charge in [0.15, 0.2) is 0 Å². The Morgan fingerprint density at radius 2 is 1.56 bits per heavy atom. The molecule has 0 bridgehead atoms. The van der Waals surface area contributed by atoms with Crippen molar-refractivity contribution in [2.24, 2.45) is 17.1 Å². The van der Waals surface area contributed by atoms with Gasteiger partial charge in [-0.25, -0.2) is 13.6 Å². The molecule has 1 aromatic carbocycles. The van der Waals surface area contributed by atoms with Crippen molar-refractivity contribution >= 4 is 35.4 Å². The molecule has 1 aliphatic heterocycles. The number of nitrogens with one attached hydrogen (secondary N) is 6. The summed E-state index contributed by atoms with van der Waals surface area (Å²) in [4.78, 5) is 81.8. The number of likely N-dealkylation sites (tertiary alicyclic amines) is 1. The molecule has 0 aromatic heterocycles. The third kappa shape index (κ3) is 16.8. The maximum Gasteiger partial charge on any atom is 0.315 e. The molecule has 1 heterocycles. The number of rotatable bonds is 20. The molecular formula is C41H68F2N8O6. The van der Waals surface area contributed by atoms with Crippen molar-refractivity contribution in [1.82, 2.24) is 36.8 Å². The lowest BCUT2D eigenvalue weighted by molar-refractivity contribution is -0.144. The number of carbonyl (C=O) groups is 6. The van der Waals surface area contributed by atoms with E-state index >= 15 is 0 Å². The summed E-state index contributed by atoms with van der Waals surface area (Å²) in [5.74, 6) is -2.73. The molecule has 2 aliphatic rings. The Bertz CT molecular complexity index is 1470. The van der Waals surface area contributed by atoms with Crippen molar-refractivity contribution < 1.29 is 37.5 Å². The van der Waals surface area contributed by atoms with E-state index in [4.69, 9.17) is 5.73 Å². The summed E-state index contributed by atoms with van der Waals surface area (Å²) in [5.41, 5.74) is 5.68. The Hall–Kier alpha value is -4.60. The summed E-state index contributed by atoms with van der Waals surface area (Å²) in [6.45, 7) is 16.2. The topological polar surface area (TPSA) is 204 Å². The van der Waals surface area contributed by atoms with Gasteiger partial charge in [0.05, 0.1) is 12.6 Å². The van der Waals surface area contributed by atoms with E-state index in [0.29, 0.717) is 50.0 Å². The van der Waals surface area contributed by atoms with Gasteiger partial charge in [0, 0.05) is 24.8 Å². The van der Waals surface area contributed by atoms with Crippen molar-refractivity contribution in [1.29, 1.82) is 0 Å². The van der Waals surface area contributed by atoms with Gasteiger partial charge in [-0.2, -0.15) is 0 Å². The standard InChI is InChI=1S/C38H60N8O6.C2H6.CH2F2/c1-8-18-38(5,6)45-36(52)44-31(37(3,4)19-20-39)35(51)46-21-12-15-28(46)32(48)43-27(22-25-16-17-25)30(47)34(50)41-23-24(2)42-29(33(49)40-7)26-13-10-9-11-14-26;1-2;2-1-3/h9-11,13-14,25,27-29,31,42H,2,8,12,15-23,39H2,1,3-7H3,(H,40,49)(H,41,50)(H,43,48)(H2,44,45,52);1-2H3;1H2. The predicted octanol–water partition coefficient (Wildman–Crippen LogP) is 4.07. The van der Waals surface area contributed by atoms with Crippen LogP contribution in [-0.4, -0.2) is 97.6 Å². The molecule has 322 valence electrons. The Kier molecular flexibility index (Phi) is 22.0. The molecule has 1 aliphatic carbocycles. The van der Waals surface area contributed by atoms with Gasteiger partial charge in [0.2, 0.25) is 30.4 Å². The smallest absolute Gasteiger partial charge is 0.315 e. The molecule has 8 N–H and O–H groups in total. The number of urea groups is 1. The number of carbonyl (C=O) groups excluding carboxylic acids is 6. The minimum atomic E-state index is -1.75. The van der Waals surface area contributed by atoms with Crippen molar-refractivity contribution in [2.45, 2.75) is 130 Å². The first-order valence-electron chi connectivity index (χ1n) is 20.0. The van der Waals surface area contributed by atoms with Gasteiger partial charge < -0.3 is 42.5 Å². The van der Waals surface area contributed by atoms with Crippen LogP contribution in [0.3, 0.4) is 0 Å². The molecule has 1 saturated heterocycles. The Labute approximate surface area is 337 Å². The number of nitrogens with zero attached hydrogens (tertiary/aromatic N) is 1. The maximum absolute atomic E-state index is 14.2. The molecule has 0 spiro atoms. The molecule has 0 radical (unpaired) electrons. The van der Waals surface area contributed by atoms with Crippen LogP contribution in [0.2, 0.25) is 0 Å². The highest BCUT2D eigenvalue weighted by Gasteiger charge is 2.45. The number of amides is 6. The SMILES string of the molecule is C=C(CNC(=O)C(=O)C(CC1CC1)NC(=O)C1CCCN1C(=O)C(NC(=O)NC(C)(C)CCC)C(C)(C)CCN)NC(C(=O)NC)c1ccccc1.CC.FCF. The molecule has 6 amide bonds. The second kappa shape index (κ2) is 24.9. The molecule has 4 unspecified atom stereocenters. The molecule has 4 atom stereocenters. The zero-order valence-electron chi connectivity index (χ0n) is 35.2. The summed E-state index contributed by atoms with van der Waals surface area (Å²) in [5, 5.41) is 16.8. The van der Waals surface area contributed by atoms with Crippen molar-refractivity contribution in [3.05, 3.63) is 48.2 Å². The van der Waals surface area contributed by atoms with Crippen LogP contribution in [0.25, 0.3) is 0 Å². The lowest BCUT2D eigenvalue weighted by atomic mass is 9.80. The number of hydrogen-bond acceptors (Lipinski definition) is 8. The fraction of sp³-hybridized carbons (Fsp3) is 0.659. The monoisotopic (exact) mass is 807 g/mol. The van der Waals surface area contributed by atoms with Crippen LogP contribution < -0.4 is 37.6 Å². The van der Waals surface area contributed by atoms with Crippen LogP contribution >= 0.6 is 0 Å². The van der Waals surface area contributed by atoms with Crippen LogP contribution in [0.15, 0.2) is 42.6 Å². The third-order valence-corrected chi connectivity index (χ3v) is 9.83. The van der Waals surface area contributed by atoms with Crippen LogP contribution in [0, 0.1) is 11.3 Å². The van der Waals surface area contributed by atoms with Gasteiger partial charge in [-0.3, -0.25) is 24.0 Å². The fourth-order valence-electron chi connectivity index (χ4n) is 6.70. The minimum absolute atomic E-state index is 0.129. The van der Waals surface area contributed by atoms with E-state index in [1.165, 1.54) is 11.9 Å². The van der Waals surface area contributed by atoms with Gasteiger partial charge in [-0.15, -0.1) is 0 Å². The maximum atomic E-state index is 14.2. The van der Waals surface area contributed by atoms with Crippen LogP contribution in [0.1, 0.15) is 111 Å². The average molecular weight is 807 g/mol. The first-order chi connectivity index (χ1) is 26.9. The van der Waals surface area contributed by atoms with Crippen LogP contribution in [0.5, 0.6) is 0 Å². The molecule has 1 saturated carbocycles. The zero-order valence-corrected chi connectivity index (χ0v) is 35.2. The average Bonchev–Trinajstić information content (AvgIpc) is 3.85. The van der Waals surface area contributed by atoms with Crippen molar-refractivity contribution in [3.8, 4) is 0 Å². The van der Waals surface area contributed by atoms with E-state index < -0.39 is 71.6 Å². The van der Waals surface area contributed by atoms with E-state index in [0.717, 1.165) is 25.7 Å². The number of benzene rings is 1. The molecule has 1 aromatic rings. The van der Waals surface area contributed by atoms with Gasteiger partial charge in [0.25, 0.3) is 5.91 Å². The first kappa shape index (κ1) is 50.4. The lowest BCUT2D eigenvalue weighted by Gasteiger charge is -2.38. The fourth-order valence-corrected chi connectivity index (χ4v) is 6.70. The molecular weight excluding hydrogens is 738 g/mol. The van der Waals surface area contributed by atoms with Gasteiger partial charge in [-0.1, -0.05) is 90.8 Å². The van der Waals surface area contributed by atoms with E-state index in [1.807, 2.05) is 54.5 Å². The largest absolute Gasteiger partial charge is 0.372 e. The quantitative estimate of drug-likeness (QED) is 0.0956. The summed E-state index contributed by atoms with van der Waals surface area (Å²) in [6, 6.07) is 4.83. The Morgan fingerprint density at radius 3 is 2.11 bits per heavy atom. The number of ketones is 1. The van der Waals surface area contributed by atoms with E-state index in [-0.39, 0.29) is 18.4 Å². The van der Waals surface area contributed by atoms with Crippen LogP contribution in [-0.2, 0) is 24.0 Å². The molecule has 2 fully saturated rings. The highest BCUT2D eigenvalue weighted by molar-refractivity contribution is 6.38. The Balaban J connectivity index is 0.00000309. The normalized spacial score (nSPS) is 16.5. The number of likely N-dealkylation sites (N-methyl/N-ethyl adjacent to an activating group) is 1. The second-order valence-corrected chi connectivity index (χ2v) is 15.5. The summed E-state index contributed by atoms with van der Waals surface area (Å²) in [7, 11) is 1.52.